The van der Waals surface area contributed by atoms with E-state index in [1.165, 1.54) is 0 Å². The van der Waals surface area contributed by atoms with Gasteiger partial charge in [0.15, 0.2) is 5.72 Å². The van der Waals surface area contributed by atoms with Gasteiger partial charge in [0, 0.05) is 5.57 Å². The summed E-state index contributed by atoms with van der Waals surface area (Å²) < 4.78 is 10.9. The number of hydrogen-bond acceptors (Lipinski definition) is 4. The summed E-state index contributed by atoms with van der Waals surface area (Å²) in [6.45, 7) is 7.06. The van der Waals surface area contributed by atoms with E-state index in [0.29, 0.717) is 11.3 Å². The molecule has 0 aromatic heterocycles. The average Bonchev–Trinajstić information content (AvgIpc) is 2.38. The largest absolute Gasteiger partial charge is 0.496 e. The molecule has 1 unspecified atom stereocenters. The third-order valence-corrected chi connectivity index (χ3v) is 3.10. The Balaban J connectivity index is 3.26. The SMILES string of the molecule is C=C(C)C(=O)OC(C)(c1ccccc1OC)N(C)C. The molecule has 0 N–H and O–H groups in total. The van der Waals surface area contributed by atoms with Crippen LogP contribution in [0.15, 0.2) is 36.4 Å². The minimum Gasteiger partial charge on any atom is -0.496 e. The molecule has 4 nitrogen and oxygen atoms in total. The quantitative estimate of drug-likeness (QED) is 0.465. The van der Waals surface area contributed by atoms with Gasteiger partial charge in [-0.1, -0.05) is 18.7 Å². The molecule has 0 aliphatic carbocycles. The van der Waals surface area contributed by atoms with Gasteiger partial charge in [0.05, 0.1) is 12.7 Å². The van der Waals surface area contributed by atoms with Crippen molar-refractivity contribution in [2.75, 3.05) is 21.2 Å². The molecule has 0 saturated carbocycles. The van der Waals surface area contributed by atoms with Gasteiger partial charge in [-0.15, -0.1) is 0 Å². The molecule has 1 aromatic carbocycles. The lowest BCUT2D eigenvalue weighted by atomic mass is 10.0. The van der Waals surface area contributed by atoms with Gasteiger partial charge in [-0.05, 0) is 40.1 Å². The van der Waals surface area contributed by atoms with Crippen LogP contribution in [0.4, 0.5) is 0 Å². The molecule has 104 valence electrons. The van der Waals surface area contributed by atoms with Crippen molar-refractivity contribution in [2.45, 2.75) is 19.6 Å². The number of rotatable bonds is 5. The molecular weight excluding hydrogens is 242 g/mol. The third-order valence-electron chi connectivity index (χ3n) is 3.10. The van der Waals surface area contributed by atoms with E-state index in [-0.39, 0.29) is 0 Å². The smallest absolute Gasteiger partial charge is 0.335 e. The summed E-state index contributed by atoms with van der Waals surface area (Å²) in [4.78, 5) is 13.7. The van der Waals surface area contributed by atoms with Crippen molar-refractivity contribution < 1.29 is 14.3 Å². The van der Waals surface area contributed by atoms with Crippen molar-refractivity contribution in [2.24, 2.45) is 0 Å². The second-order valence-electron chi connectivity index (χ2n) is 4.75. The van der Waals surface area contributed by atoms with Crippen LogP contribution in [-0.4, -0.2) is 32.1 Å². The van der Waals surface area contributed by atoms with Crippen molar-refractivity contribution in [3.05, 3.63) is 42.0 Å². The van der Waals surface area contributed by atoms with E-state index >= 15 is 0 Å². The first-order chi connectivity index (χ1) is 8.82. The maximum Gasteiger partial charge on any atom is 0.335 e. The minimum absolute atomic E-state index is 0.364. The fourth-order valence-electron chi connectivity index (χ4n) is 1.68. The molecule has 1 rings (SSSR count). The normalized spacial score (nSPS) is 13.8. The first kappa shape index (κ1) is 15.2. The predicted octanol–water partition coefficient (Wildman–Crippen LogP) is 2.55. The second kappa shape index (κ2) is 5.89. The summed E-state index contributed by atoms with van der Waals surface area (Å²) in [5, 5.41) is 0. The van der Waals surface area contributed by atoms with Crippen LogP contribution in [0.25, 0.3) is 0 Å². The summed E-state index contributed by atoms with van der Waals surface area (Å²) in [5.74, 6) is 0.246. The topological polar surface area (TPSA) is 38.8 Å². The molecule has 0 amide bonds. The summed E-state index contributed by atoms with van der Waals surface area (Å²) in [6.07, 6.45) is 0. The zero-order valence-electron chi connectivity index (χ0n) is 12.2. The Bertz CT molecular complexity index is 482. The van der Waals surface area contributed by atoms with E-state index in [1.807, 2.05) is 50.2 Å². The molecule has 0 spiro atoms. The Kier molecular flexibility index (Phi) is 4.72. The molecular formula is C15H21NO3. The Labute approximate surface area is 114 Å². The van der Waals surface area contributed by atoms with E-state index in [2.05, 4.69) is 6.58 Å². The van der Waals surface area contributed by atoms with Crippen LogP contribution in [0.3, 0.4) is 0 Å². The molecule has 1 aromatic rings. The van der Waals surface area contributed by atoms with Crippen LogP contribution >= 0.6 is 0 Å². The molecule has 0 heterocycles. The lowest BCUT2D eigenvalue weighted by Crippen LogP contribution is -2.43. The van der Waals surface area contributed by atoms with Gasteiger partial charge in [0.25, 0.3) is 0 Å². The zero-order valence-corrected chi connectivity index (χ0v) is 12.2. The summed E-state index contributed by atoms with van der Waals surface area (Å²) in [7, 11) is 5.28. The number of nitrogens with zero attached hydrogens (tertiary/aromatic N) is 1. The first-order valence-electron chi connectivity index (χ1n) is 6.02. The van der Waals surface area contributed by atoms with Crippen LogP contribution in [0.2, 0.25) is 0 Å². The van der Waals surface area contributed by atoms with Gasteiger partial charge < -0.3 is 9.47 Å². The van der Waals surface area contributed by atoms with Crippen molar-refractivity contribution >= 4 is 5.97 Å². The highest BCUT2D eigenvalue weighted by atomic mass is 16.6. The maximum atomic E-state index is 11.8. The Morgan fingerprint density at radius 2 is 1.89 bits per heavy atom. The van der Waals surface area contributed by atoms with E-state index in [0.717, 1.165) is 5.56 Å². The lowest BCUT2D eigenvalue weighted by molar-refractivity contribution is -0.173. The van der Waals surface area contributed by atoms with Crippen LogP contribution in [0.1, 0.15) is 19.4 Å². The minimum atomic E-state index is -0.914. The lowest BCUT2D eigenvalue weighted by Gasteiger charge is -2.36. The molecule has 19 heavy (non-hydrogen) atoms. The van der Waals surface area contributed by atoms with E-state index in [4.69, 9.17) is 9.47 Å². The summed E-state index contributed by atoms with van der Waals surface area (Å²) >= 11 is 0. The van der Waals surface area contributed by atoms with Crippen LogP contribution in [0, 0.1) is 0 Å². The van der Waals surface area contributed by atoms with Crippen LogP contribution < -0.4 is 4.74 Å². The van der Waals surface area contributed by atoms with Crippen molar-refractivity contribution in [3.63, 3.8) is 0 Å². The van der Waals surface area contributed by atoms with E-state index in [9.17, 15) is 4.79 Å². The Hall–Kier alpha value is -1.81. The second-order valence-corrected chi connectivity index (χ2v) is 4.75. The Morgan fingerprint density at radius 1 is 1.32 bits per heavy atom. The molecule has 4 heteroatoms. The van der Waals surface area contributed by atoms with Gasteiger partial charge in [-0.2, -0.15) is 0 Å². The van der Waals surface area contributed by atoms with Crippen molar-refractivity contribution in [1.29, 1.82) is 0 Å². The molecule has 0 bridgehead atoms. The fourth-order valence-corrected chi connectivity index (χ4v) is 1.68. The number of ether oxygens (including phenoxy) is 2. The van der Waals surface area contributed by atoms with Crippen LogP contribution in [-0.2, 0) is 15.3 Å². The summed E-state index contributed by atoms with van der Waals surface area (Å²) in [5.41, 5.74) is 0.239. The number of carbonyl (C=O) groups is 1. The highest BCUT2D eigenvalue weighted by Gasteiger charge is 2.36. The van der Waals surface area contributed by atoms with E-state index < -0.39 is 11.7 Å². The molecule has 1 atom stereocenters. The van der Waals surface area contributed by atoms with Crippen molar-refractivity contribution in [3.8, 4) is 5.75 Å². The monoisotopic (exact) mass is 263 g/mol. The first-order valence-corrected chi connectivity index (χ1v) is 6.02. The van der Waals surface area contributed by atoms with Gasteiger partial charge in [-0.3, -0.25) is 4.90 Å². The van der Waals surface area contributed by atoms with Gasteiger partial charge in [0.1, 0.15) is 5.75 Å². The molecule has 0 aliphatic heterocycles. The molecule has 0 saturated heterocycles. The predicted molar refractivity (Wildman–Crippen MR) is 74.9 cm³/mol. The highest BCUT2D eigenvalue weighted by molar-refractivity contribution is 5.87. The number of hydrogen-bond donors (Lipinski definition) is 0. The fraction of sp³-hybridized carbons (Fsp3) is 0.400. The number of methoxy groups -OCH3 is 1. The molecule has 0 aliphatic rings. The van der Waals surface area contributed by atoms with Gasteiger partial charge >= 0.3 is 5.97 Å². The Morgan fingerprint density at radius 3 is 2.37 bits per heavy atom. The molecule has 0 radical (unpaired) electrons. The maximum absolute atomic E-state index is 11.8. The number of para-hydroxylation sites is 1. The molecule has 0 fully saturated rings. The van der Waals surface area contributed by atoms with E-state index in [1.54, 1.807) is 14.0 Å². The average molecular weight is 263 g/mol. The van der Waals surface area contributed by atoms with Gasteiger partial charge in [0.2, 0.25) is 0 Å². The number of carbonyl (C=O) groups excluding carboxylic acids is 1. The third kappa shape index (κ3) is 3.15. The van der Waals surface area contributed by atoms with Crippen LogP contribution in [0.5, 0.6) is 5.75 Å². The van der Waals surface area contributed by atoms with Crippen molar-refractivity contribution in [1.82, 2.24) is 4.90 Å². The number of benzene rings is 1. The number of esters is 1. The highest BCUT2D eigenvalue weighted by Crippen LogP contribution is 2.34. The summed E-state index contributed by atoms with van der Waals surface area (Å²) in [6, 6.07) is 7.48. The zero-order chi connectivity index (χ0) is 14.6. The van der Waals surface area contributed by atoms with Gasteiger partial charge in [-0.25, -0.2) is 4.79 Å². The standard InChI is InChI=1S/C15H21NO3/c1-11(2)14(17)19-15(3,16(4)5)12-9-7-8-10-13(12)18-6/h7-10H,1H2,2-6H3.